The zero-order valence-corrected chi connectivity index (χ0v) is 11.6. The molecule has 4 nitrogen and oxygen atoms in total. The fourth-order valence-corrected chi connectivity index (χ4v) is 3.03. The second-order valence-corrected chi connectivity index (χ2v) is 5.85. The Balaban J connectivity index is 1.68. The molecule has 3 rings (SSSR count). The van der Waals surface area contributed by atoms with Crippen molar-refractivity contribution in [2.45, 2.75) is 31.8 Å². The average molecular weight is 278 g/mol. The number of rotatable bonds is 6. The van der Waals surface area contributed by atoms with Crippen molar-refractivity contribution in [2.24, 2.45) is 0 Å². The molecule has 1 saturated carbocycles. The van der Waals surface area contributed by atoms with E-state index in [-0.39, 0.29) is 6.61 Å². The van der Waals surface area contributed by atoms with Gasteiger partial charge in [0.15, 0.2) is 0 Å². The maximum Gasteiger partial charge on any atom is 0.236 e. The summed E-state index contributed by atoms with van der Waals surface area (Å²) in [4.78, 5) is 7.90. The number of aromatic nitrogens is 1. The van der Waals surface area contributed by atoms with Crippen molar-refractivity contribution in [1.82, 2.24) is 9.88 Å². The molecule has 102 valence electrons. The van der Waals surface area contributed by atoms with Gasteiger partial charge in [-0.2, -0.15) is 0 Å². The summed E-state index contributed by atoms with van der Waals surface area (Å²) in [5, 5.41) is 11.2. The summed E-state index contributed by atoms with van der Waals surface area (Å²) < 4.78 is 5.53. The Morgan fingerprint density at radius 1 is 1.47 bits per heavy atom. The Bertz CT molecular complexity index is 505. The lowest BCUT2D eigenvalue weighted by Crippen LogP contribution is -2.41. The van der Waals surface area contributed by atoms with E-state index in [9.17, 15) is 0 Å². The first-order chi connectivity index (χ1) is 9.36. The normalized spacial score (nSPS) is 15.9. The molecular weight excluding hydrogens is 260 g/mol. The van der Waals surface area contributed by atoms with Gasteiger partial charge in [0.25, 0.3) is 0 Å². The van der Waals surface area contributed by atoms with Crippen LogP contribution in [0.5, 0.6) is 0 Å². The van der Waals surface area contributed by atoms with Gasteiger partial charge < -0.3 is 9.52 Å². The molecule has 5 heteroatoms. The highest BCUT2D eigenvalue weighted by Gasteiger charge is 2.25. The van der Waals surface area contributed by atoms with E-state index in [1.54, 1.807) is 17.6 Å². The summed E-state index contributed by atoms with van der Waals surface area (Å²) in [5.74, 6) is 0.697. The Hall–Kier alpha value is -1.17. The highest BCUT2D eigenvalue weighted by atomic mass is 32.1. The van der Waals surface area contributed by atoms with E-state index in [2.05, 4.69) is 9.88 Å². The van der Waals surface area contributed by atoms with Gasteiger partial charge in [-0.15, -0.1) is 11.3 Å². The molecule has 0 radical (unpaired) electrons. The summed E-state index contributed by atoms with van der Waals surface area (Å²) in [7, 11) is 0. The van der Waals surface area contributed by atoms with Gasteiger partial charge >= 0.3 is 0 Å². The van der Waals surface area contributed by atoms with Crippen molar-refractivity contribution in [3.63, 3.8) is 0 Å². The predicted octanol–water partition coefficient (Wildman–Crippen LogP) is 2.75. The zero-order chi connectivity index (χ0) is 13.1. The molecule has 2 aromatic heterocycles. The third kappa shape index (κ3) is 2.88. The summed E-state index contributed by atoms with van der Waals surface area (Å²) in [6, 6.07) is 4.61. The molecule has 0 spiro atoms. The first-order valence-corrected chi connectivity index (χ1v) is 7.58. The van der Waals surface area contributed by atoms with E-state index in [0.717, 1.165) is 17.1 Å². The molecule has 0 saturated heterocycles. The molecule has 2 aromatic rings. The van der Waals surface area contributed by atoms with Crippen LogP contribution in [0.3, 0.4) is 0 Å². The van der Waals surface area contributed by atoms with Gasteiger partial charge in [-0.3, -0.25) is 4.90 Å². The van der Waals surface area contributed by atoms with Gasteiger partial charge in [0.1, 0.15) is 6.26 Å². The summed E-state index contributed by atoms with van der Waals surface area (Å²) >= 11 is 1.63. The Labute approximate surface area is 116 Å². The molecule has 0 bridgehead atoms. The van der Waals surface area contributed by atoms with Gasteiger partial charge in [0, 0.05) is 19.1 Å². The molecule has 0 amide bonds. The van der Waals surface area contributed by atoms with Crippen LogP contribution in [0.2, 0.25) is 0 Å². The average Bonchev–Trinajstić information content (AvgIpc) is 2.95. The number of aliphatic hydroxyl groups is 1. The molecule has 1 aliphatic carbocycles. The standard InChI is InChI=1S/C14H18N2O2S/c17-7-6-16(12-3-1-4-12)9-11-10-18-14(15-11)13-5-2-8-19-13/h2,5,8,10,12,17H,1,3-4,6-7,9H2. The number of hydrogen-bond acceptors (Lipinski definition) is 5. The van der Waals surface area contributed by atoms with Crippen LogP contribution in [0.1, 0.15) is 25.0 Å². The van der Waals surface area contributed by atoms with Crippen LogP contribution < -0.4 is 0 Å². The van der Waals surface area contributed by atoms with Gasteiger partial charge in [-0.05, 0) is 24.3 Å². The quantitative estimate of drug-likeness (QED) is 0.882. The summed E-state index contributed by atoms with van der Waals surface area (Å²) in [6.45, 7) is 1.68. The van der Waals surface area contributed by atoms with E-state index in [0.29, 0.717) is 18.5 Å². The minimum Gasteiger partial charge on any atom is -0.444 e. The first-order valence-electron chi connectivity index (χ1n) is 6.70. The smallest absolute Gasteiger partial charge is 0.236 e. The van der Waals surface area contributed by atoms with Crippen LogP contribution in [0, 0.1) is 0 Å². The Kier molecular flexibility index (Phi) is 3.96. The summed E-state index contributed by atoms with van der Waals surface area (Å²) in [5.41, 5.74) is 0.948. The van der Waals surface area contributed by atoms with Crippen molar-refractivity contribution in [3.8, 4) is 10.8 Å². The molecule has 1 fully saturated rings. The second-order valence-electron chi connectivity index (χ2n) is 4.90. The van der Waals surface area contributed by atoms with Gasteiger partial charge in [-0.25, -0.2) is 4.98 Å². The van der Waals surface area contributed by atoms with Crippen LogP contribution in [-0.4, -0.2) is 34.2 Å². The van der Waals surface area contributed by atoms with Gasteiger partial charge in [-0.1, -0.05) is 12.5 Å². The SMILES string of the molecule is OCCN(Cc1coc(-c2cccs2)n1)C1CCC1. The molecule has 1 N–H and O–H groups in total. The van der Waals surface area contributed by atoms with E-state index >= 15 is 0 Å². The van der Waals surface area contributed by atoms with E-state index in [1.165, 1.54) is 19.3 Å². The molecular formula is C14H18N2O2S. The number of oxazole rings is 1. The maximum absolute atomic E-state index is 9.15. The van der Waals surface area contributed by atoms with Crippen LogP contribution >= 0.6 is 11.3 Å². The molecule has 0 atom stereocenters. The largest absolute Gasteiger partial charge is 0.444 e. The maximum atomic E-state index is 9.15. The number of thiophene rings is 1. The predicted molar refractivity (Wildman–Crippen MR) is 75.0 cm³/mol. The lowest BCUT2D eigenvalue weighted by atomic mass is 9.91. The highest BCUT2D eigenvalue weighted by molar-refractivity contribution is 7.13. The second kappa shape index (κ2) is 5.86. The molecule has 2 heterocycles. The Morgan fingerprint density at radius 2 is 2.37 bits per heavy atom. The first kappa shape index (κ1) is 12.8. The van der Waals surface area contributed by atoms with Crippen LogP contribution in [0.25, 0.3) is 10.8 Å². The lowest BCUT2D eigenvalue weighted by molar-refractivity contribution is 0.0933. The number of aliphatic hydroxyl groups excluding tert-OH is 1. The van der Waals surface area contributed by atoms with Crippen molar-refractivity contribution in [2.75, 3.05) is 13.2 Å². The van der Waals surface area contributed by atoms with E-state index < -0.39 is 0 Å². The number of hydrogen-bond donors (Lipinski definition) is 1. The van der Waals surface area contributed by atoms with Crippen LogP contribution in [0.15, 0.2) is 28.2 Å². The van der Waals surface area contributed by atoms with Gasteiger partial charge in [0.05, 0.1) is 17.2 Å². The minimum absolute atomic E-state index is 0.201. The third-order valence-electron chi connectivity index (χ3n) is 3.63. The highest BCUT2D eigenvalue weighted by Crippen LogP contribution is 2.27. The zero-order valence-electron chi connectivity index (χ0n) is 10.8. The Morgan fingerprint density at radius 3 is 3.00 bits per heavy atom. The molecule has 19 heavy (non-hydrogen) atoms. The van der Waals surface area contributed by atoms with Crippen molar-refractivity contribution >= 4 is 11.3 Å². The fourth-order valence-electron chi connectivity index (χ4n) is 2.37. The van der Waals surface area contributed by atoms with Crippen LogP contribution in [0.4, 0.5) is 0 Å². The monoisotopic (exact) mass is 278 g/mol. The third-order valence-corrected chi connectivity index (χ3v) is 4.48. The van der Waals surface area contributed by atoms with E-state index in [1.807, 2.05) is 17.5 Å². The molecule has 1 aliphatic rings. The van der Waals surface area contributed by atoms with Crippen molar-refractivity contribution < 1.29 is 9.52 Å². The summed E-state index contributed by atoms with van der Waals surface area (Å²) in [6.07, 6.45) is 5.50. The van der Waals surface area contributed by atoms with Crippen molar-refractivity contribution in [1.29, 1.82) is 0 Å². The van der Waals surface area contributed by atoms with Gasteiger partial charge in [0.2, 0.25) is 5.89 Å². The van der Waals surface area contributed by atoms with Crippen molar-refractivity contribution in [3.05, 3.63) is 29.5 Å². The minimum atomic E-state index is 0.201. The van der Waals surface area contributed by atoms with Crippen LogP contribution in [-0.2, 0) is 6.54 Å². The topological polar surface area (TPSA) is 49.5 Å². The fraction of sp³-hybridized carbons (Fsp3) is 0.500. The number of nitrogens with zero attached hydrogens (tertiary/aromatic N) is 2. The lowest BCUT2D eigenvalue weighted by Gasteiger charge is -2.36. The molecule has 0 aliphatic heterocycles. The van der Waals surface area contributed by atoms with E-state index in [4.69, 9.17) is 9.52 Å². The molecule has 0 unspecified atom stereocenters. The molecule has 0 aromatic carbocycles.